The lowest BCUT2D eigenvalue weighted by atomic mass is 10.3. The molecule has 0 unspecified atom stereocenters. The van der Waals surface area contributed by atoms with Gasteiger partial charge in [-0.05, 0) is 17.9 Å². The van der Waals surface area contributed by atoms with E-state index in [0.717, 1.165) is 32.9 Å². The van der Waals surface area contributed by atoms with Crippen molar-refractivity contribution in [3.63, 3.8) is 0 Å². The summed E-state index contributed by atoms with van der Waals surface area (Å²) in [6.45, 7) is 2.13. The number of hydrogen-bond donors (Lipinski definition) is 0. The number of rotatable bonds is 4. The van der Waals surface area contributed by atoms with Gasteiger partial charge in [-0.1, -0.05) is 18.3 Å². The monoisotopic (exact) mass is 277 g/mol. The van der Waals surface area contributed by atoms with Crippen molar-refractivity contribution >= 4 is 28.1 Å². The van der Waals surface area contributed by atoms with Gasteiger partial charge in [0.15, 0.2) is 5.82 Å². The Morgan fingerprint density at radius 2 is 2.11 bits per heavy atom. The van der Waals surface area contributed by atoms with Gasteiger partial charge in [-0.2, -0.15) is 21.4 Å². The zero-order chi connectivity index (χ0) is 12.4. The molecule has 5 nitrogen and oxygen atoms in total. The maximum atomic E-state index is 4.56. The Morgan fingerprint density at radius 1 is 1.28 bits per heavy atom. The fourth-order valence-electron chi connectivity index (χ4n) is 1.55. The van der Waals surface area contributed by atoms with Crippen molar-refractivity contribution in [1.82, 2.24) is 24.8 Å². The van der Waals surface area contributed by atoms with Gasteiger partial charge in [0.25, 0.3) is 0 Å². The normalized spacial score (nSPS) is 11.2. The van der Waals surface area contributed by atoms with Crippen LogP contribution >= 0.6 is 23.1 Å². The van der Waals surface area contributed by atoms with E-state index in [1.54, 1.807) is 23.7 Å². The zero-order valence-electron chi connectivity index (χ0n) is 9.78. The number of nitrogens with zero attached hydrogens (tertiary/aromatic N) is 5. The molecule has 18 heavy (non-hydrogen) atoms. The summed E-state index contributed by atoms with van der Waals surface area (Å²) < 4.78 is 1.84. The average molecular weight is 277 g/mol. The summed E-state index contributed by atoms with van der Waals surface area (Å²) >= 11 is 3.36. The van der Waals surface area contributed by atoms with Crippen LogP contribution in [0.3, 0.4) is 0 Å². The number of thioether (sulfide) groups is 1. The molecule has 0 saturated carbocycles. The van der Waals surface area contributed by atoms with Crippen molar-refractivity contribution in [3.05, 3.63) is 30.4 Å². The molecule has 0 aliphatic rings. The van der Waals surface area contributed by atoms with Crippen LogP contribution in [0.15, 0.2) is 24.5 Å². The minimum absolute atomic E-state index is 0.841. The molecule has 0 bridgehead atoms. The lowest BCUT2D eigenvalue weighted by Gasteiger charge is -1.94. The van der Waals surface area contributed by atoms with Crippen molar-refractivity contribution in [2.45, 2.75) is 12.7 Å². The maximum Gasteiger partial charge on any atom is 0.235 e. The molecular formula is C11H11N5S2. The molecule has 0 fully saturated rings. The van der Waals surface area contributed by atoms with Crippen LogP contribution in [-0.2, 0) is 5.75 Å². The van der Waals surface area contributed by atoms with Crippen LogP contribution in [0.4, 0.5) is 0 Å². The van der Waals surface area contributed by atoms with E-state index in [2.05, 4.69) is 27.2 Å². The van der Waals surface area contributed by atoms with Gasteiger partial charge < -0.3 is 0 Å². The van der Waals surface area contributed by atoms with Gasteiger partial charge in [-0.25, -0.2) is 0 Å². The van der Waals surface area contributed by atoms with Crippen LogP contribution in [0, 0.1) is 0 Å². The number of pyridine rings is 1. The molecule has 3 aromatic heterocycles. The number of hydrogen-bond acceptors (Lipinski definition) is 6. The van der Waals surface area contributed by atoms with Gasteiger partial charge in [0.05, 0.1) is 5.75 Å². The Balaban J connectivity index is 1.99. The van der Waals surface area contributed by atoms with E-state index in [-0.39, 0.29) is 0 Å². The van der Waals surface area contributed by atoms with E-state index in [0.29, 0.717) is 0 Å². The number of fused-ring (bicyclic) bond motifs is 1. The van der Waals surface area contributed by atoms with Crippen molar-refractivity contribution in [1.29, 1.82) is 0 Å². The first-order chi connectivity index (χ1) is 8.88. The molecule has 0 aromatic carbocycles. The Morgan fingerprint density at radius 3 is 2.89 bits per heavy atom. The lowest BCUT2D eigenvalue weighted by Crippen LogP contribution is -1.94. The third kappa shape index (κ3) is 2.11. The zero-order valence-corrected chi connectivity index (χ0v) is 11.4. The van der Waals surface area contributed by atoms with Crippen molar-refractivity contribution < 1.29 is 0 Å². The topological polar surface area (TPSA) is 56.0 Å². The van der Waals surface area contributed by atoms with Crippen molar-refractivity contribution in [2.75, 3.05) is 5.75 Å². The average Bonchev–Trinajstić information content (AvgIpc) is 2.98. The van der Waals surface area contributed by atoms with E-state index < -0.39 is 0 Å². The van der Waals surface area contributed by atoms with Gasteiger partial charge in [-0.3, -0.25) is 4.98 Å². The highest BCUT2D eigenvalue weighted by molar-refractivity contribution is 7.98. The second-order valence-electron chi connectivity index (χ2n) is 3.59. The van der Waals surface area contributed by atoms with Gasteiger partial charge in [-0.15, -0.1) is 10.2 Å². The molecule has 0 amide bonds. The molecule has 0 N–H and O–H groups in total. The molecule has 3 aromatic rings. The molecule has 0 spiro atoms. The Labute approximate surface area is 112 Å². The summed E-state index contributed by atoms with van der Waals surface area (Å²) in [4.78, 5) is 4.85. The highest BCUT2D eigenvalue weighted by Gasteiger charge is 2.12. The van der Waals surface area contributed by atoms with Gasteiger partial charge in [0.2, 0.25) is 4.96 Å². The van der Waals surface area contributed by atoms with Crippen molar-refractivity contribution in [2.24, 2.45) is 0 Å². The second-order valence-corrected chi connectivity index (χ2v) is 5.82. The Kier molecular flexibility index (Phi) is 3.24. The SMILES string of the molecule is CCSCc1nnc2sc(-c3ccncc3)nn12. The molecule has 92 valence electrons. The van der Waals surface area contributed by atoms with E-state index in [9.17, 15) is 0 Å². The predicted molar refractivity (Wildman–Crippen MR) is 73.7 cm³/mol. The molecule has 0 aliphatic carbocycles. The van der Waals surface area contributed by atoms with Crippen molar-refractivity contribution in [3.8, 4) is 10.6 Å². The van der Waals surface area contributed by atoms with E-state index in [1.165, 1.54) is 0 Å². The van der Waals surface area contributed by atoms with E-state index >= 15 is 0 Å². The smallest absolute Gasteiger partial charge is 0.235 e. The molecule has 7 heteroatoms. The molecule has 0 atom stereocenters. The first-order valence-corrected chi connectivity index (χ1v) is 7.55. The highest BCUT2D eigenvalue weighted by Crippen LogP contribution is 2.25. The Bertz CT molecular complexity index is 646. The van der Waals surface area contributed by atoms with Crippen LogP contribution in [0.25, 0.3) is 15.5 Å². The summed E-state index contributed by atoms with van der Waals surface area (Å²) in [7, 11) is 0. The van der Waals surface area contributed by atoms with Crippen LogP contribution in [0.5, 0.6) is 0 Å². The molecule has 0 radical (unpaired) electrons. The molecule has 0 aliphatic heterocycles. The van der Waals surface area contributed by atoms with Gasteiger partial charge in [0.1, 0.15) is 5.01 Å². The van der Waals surface area contributed by atoms with E-state index in [1.807, 2.05) is 28.4 Å². The molecular weight excluding hydrogens is 266 g/mol. The third-order valence-corrected chi connectivity index (χ3v) is 4.24. The summed E-state index contributed by atoms with van der Waals surface area (Å²) in [6, 6.07) is 3.90. The molecule has 3 heterocycles. The molecule has 3 rings (SSSR count). The minimum Gasteiger partial charge on any atom is -0.265 e. The Hall–Kier alpha value is -1.47. The first kappa shape index (κ1) is 11.6. The van der Waals surface area contributed by atoms with Gasteiger partial charge in [0, 0.05) is 18.0 Å². The summed E-state index contributed by atoms with van der Waals surface area (Å²) in [5.41, 5.74) is 1.06. The maximum absolute atomic E-state index is 4.56. The number of aromatic nitrogens is 5. The second kappa shape index (κ2) is 5.03. The largest absolute Gasteiger partial charge is 0.265 e. The standard InChI is InChI=1S/C11H11N5S2/c1-2-17-7-9-13-14-11-16(9)15-10(18-11)8-3-5-12-6-4-8/h3-6H,2,7H2,1H3. The fraction of sp³-hybridized carbons (Fsp3) is 0.273. The van der Waals surface area contributed by atoms with Crippen LogP contribution in [0.2, 0.25) is 0 Å². The predicted octanol–water partition coefficient (Wildman–Crippen LogP) is 2.50. The van der Waals surface area contributed by atoms with E-state index in [4.69, 9.17) is 0 Å². The first-order valence-electron chi connectivity index (χ1n) is 5.57. The van der Waals surface area contributed by atoms with Crippen LogP contribution < -0.4 is 0 Å². The van der Waals surface area contributed by atoms with Gasteiger partial charge >= 0.3 is 0 Å². The minimum atomic E-state index is 0.841. The third-order valence-electron chi connectivity index (χ3n) is 2.42. The lowest BCUT2D eigenvalue weighted by molar-refractivity contribution is 0.887. The quantitative estimate of drug-likeness (QED) is 0.733. The van der Waals surface area contributed by atoms with Crippen LogP contribution in [-0.4, -0.2) is 30.5 Å². The summed E-state index contributed by atoms with van der Waals surface area (Å²) in [5, 5.41) is 13.8. The van der Waals surface area contributed by atoms with Crippen LogP contribution in [0.1, 0.15) is 12.7 Å². The fourth-order valence-corrected chi connectivity index (χ4v) is 2.98. The summed E-state index contributed by atoms with van der Waals surface area (Å²) in [6.07, 6.45) is 3.54. The molecule has 0 saturated heterocycles. The summed E-state index contributed by atoms with van der Waals surface area (Å²) in [5.74, 6) is 2.82. The highest BCUT2D eigenvalue weighted by atomic mass is 32.2.